The second-order valence-electron chi connectivity index (χ2n) is 3.46. The molecule has 2 heterocycles. The molecule has 0 aliphatic carbocycles. The van der Waals surface area contributed by atoms with Gasteiger partial charge in [-0.05, 0) is 0 Å². The average molecular weight is 262 g/mol. The molecule has 88 valence electrons. The van der Waals surface area contributed by atoms with E-state index in [4.69, 9.17) is 23.2 Å². The SMILES string of the molecule is CNc1nc(Cl)c(Cl)c(N2CCNCC2)n1. The van der Waals surface area contributed by atoms with Crippen LogP contribution in [0, 0.1) is 0 Å². The van der Waals surface area contributed by atoms with Gasteiger partial charge in [0, 0.05) is 33.2 Å². The van der Waals surface area contributed by atoms with Gasteiger partial charge in [-0.2, -0.15) is 9.97 Å². The quantitative estimate of drug-likeness (QED) is 0.785. The van der Waals surface area contributed by atoms with E-state index in [1.807, 2.05) is 0 Å². The highest BCUT2D eigenvalue weighted by Gasteiger charge is 2.18. The molecular formula is C9H13Cl2N5. The van der Waals surface area contributed by atoms with Crippen molar-refractivity contribution in [3.8, 4) is 0 Å². The number of nitrogens with zero attached hydrogens (tertiary/aromatic N) is 3. The monoisotopic (exact) mass is 261 g/mol. The number of piperazine rings is 1. The van der Waals surface area contributed by atoms with Crippen LogP contribution in [-0.4, -0.2) is 43.2 Å². The molecule has 1 saturated heterocycles. The first-order valence-corrected chi connectivity index (χ1v) is 5.84. The molecule has 0 atom stereocenters. The summed E-state index contributed by atoms with van der Waals surface area (Å²) in [6, 6.07) is 0. The van der Waals surface area contributed by atoms with Gasteiger partial charge in [0.2, 0.25) is 5.95 Å². The fraction of sp³-hybridized carbons (Fsp3) is 0.556. The molecule has 0 spiro atoms. The van der Waals surface area contributed by atoms with Crippen LogP contribution in [0.1, 0.15) is 0 Å². The Balaban J connectivity index is 2.33. The zero-order valence-corrected chi connectivity index (χ0v) is 10.4. The molecule has 16 heavy (non-hydrogen) atoms. The highest BCUT2D eigenvalue weighted by Crippen LogP contribution is 2.30. The minimum Gasteiger partial charge on any atom is -0.357 e. The van der Waals surface area contributed by atoms with E-state index in [2.05, 4.69) is 25.5 Å². The van der Waals surface area contributed by atoms with Crippen molar-refractivity contribution in [3.63, 3.8) is 0 Å². The number of hydrogen-bond donors (Lipinski definition) is 2. The summed E-state index contributed by atoms with van der Waals surface area (Å²) in [7, 11) is 1.75. The Labute approximate surface area is 104 Å². The number of rotatable bonds is 2. The molecule has 2 N–H and O–H groups in total. The summed E-state index contributed by atoms with van der Waals surface area (Å²) in [6.45, 7) is 3.59. The van der Waals surface area contributed by atoms with Crippen molar-refractivity contribution < 1.29 is 0 Å². The molecule has 0 aromatic carbocycles. The molecule has 1 aromatic heterocycles. The van der Waals surface area contributed by atoms with Crippen molar-refractivity contribution in [3.05, 3.63) is 10.2 Å². The number of aromatic nitrogens is 2. The minimum absolute atomic E-state index is 0.287. The Kier molecular flexibility index (Phi) is 3.68. The molecule has 7 heteroatoms. The third-order valence-corrected chi connectivity index (χ3v) is 3.15. The van der Waals surface area contributed by atoms with Gasteiger partial charge in [0.05, 0.1) is 0 Å². The summed E-state index contributed by atoms with van der Waals surface area (Å²) in [5.41, 5.74) is 0. The van der Waals surface area contributed by atoms with Gasteiger partial charge < -0.3 is 15.5 Å². The van der Waals surface area contributed by atoms with Gasteiger partial charge >= 0.3 is 0 Å². The van der Waals surface area contributed by atoms with E-state index in [-0.39, 0.29) is 5.15 Å². The topological polar surface area (TPSA) is 53.1 Å². The Morgan fingerprint density at radius 2 is 1.94 bits per heavy atom. The second-order valence-corrected chi connectivity index (χ2v) is 4.20. The summed E-state index contributed by atoms with van der Waals surface area (Å²) < 4.78 is 0. The summed E-state index contributed by atoms with van der Waals surface area (Å²) >= 11 is 12.1. The van der Waals surface area contributed by atoms with Crippen LogP contribution in [0.3, 0.4) is 0 Å². The smallest absolute Gasteiger partial charge is 0.225 e. The molecule has 1 aliphatic heterocycles. The molecule has 0 unspecified atom stereocenters. The number of halogens is 2. The fourth-order valence-corrected chi connectivity index (χ4v) is 1.98. The predicted molar refractivity (Wildman–Crippen MR) is 66.7 cm³/mol. The summed E-state index contributed by atoms with van der Waals surface area (Å²) in [6.07, 6.45) is 0. The Bertz CT molecular complexity index is 378. The largest absolute Gasteiger partial charge is 0.357 e. The van der Waals surface area contributed by atoms with E-state index < -0.39 is 0 Å². The van der Waals surface area contributed by atoms with Gasteiger partial charge in [0.15, 0.2) is 11.0 Å². The van der Waals surface area contributed by atoms with E-state index >= 15 is 0 Å². The van der Waals surface area contributed by atoms with Crippen LogP contribution >= 0.6 is 23.2 Å². The molecule has 2 rings (SSSR count). The van der Waals surface area contributed by atoms with Crippen LogP contribution in [-0.2, 0) is 0 Å². The molecule has 0 saturated carbocycles. The van der Waals surface area contributed by atoms with Crippen molar-refractivity contribution in [1.29, 1.82) is 0 Å². The third kappa shape index (κ3) is 2.31. The first-order chi connectivity index (χ1) is 7.72. The Morgan fingerprint density at radius 1 is 1.25 bits per heavy atom. The highest BCUT2D eigenvalue weighted by atomic mass is 35.5. The lowest BCUT2D eigenvalue weighted by molar-refractivity contribution is 0.585. The van der Waals surface area contributed by atoms with Crippen molar-refractivity contribution in [2.24, 2.45) is 0 Å². The maximum Gasteiger partial charge on any atom is 0.225 e. The van der Waals surface area contributed by atoms with Crippen molar-refractivity contribution in [2.45, 2.75) is 0 Å². The lowest BCUT2D eigenvalue weighted by atomic mass is 10.3. The van der Waals surface area contributed by atoms with Gasteiger partial charge in [-0.3, -0.25) is 0 Å². The first-order valence-electron chi connectivity index (χ1n) is 5.09. The maximum atomic E-state index is 6.11. The van der Waals surface area contributed by atoms with Gasteiger partial charge in [0.1, 0.15) is 5.02 Å². The molecule has 1 aliphatic rings. The van der Waals surface area contributed by atoms with Crippen LogP contribution in [0.15, 0.2) is 0 Å². The van der Waals surface area contributed by atoms with Gasteiger partial charge in [0.25, 0.3) is 0 Å². The fourth-order valence-electron chi connectivity index (χ4n) is 1.61. The maximum absolute atomic E-state index is 6.11. The van der Waals surface area contributed by atoms with E-state index in [0.29, 0.717) is 16.8 Å². The lowest BCUT2D eigenvalue weighted by Crippen LogP contribution is -2.44. The standard InChI is InChI=1S/C9H13Cl2N5/c1-12-9-14-7(11)6(10)8(15-9)16-4-2-13-3-5-16/h13H,2-5H2,1H3,(H,12,14,15). The number of nitrogens with one attached hydrogen (secondary N) is 2. The summed E-state index contributed by atoms with van der Waals surface area (Å²) in [4.78, 5) is 10.5. The average Bonchev–Trinajstić information content (AvgIpc) is 2.33. The zero-order valence-electron chi connectivity index (χ0n) is 8.93. The number of anilines is 2. The molecule has 5 nitrogen and oxygen atoms in total. The first kappa shape index (κ1) is 11.7. The van der Waals surface area contributed by atoms with Crippen molar-refractivity contribution >= 4 is 35.0 Å². The molecule has 0 bridgehead atoms. The Hall–Kier alpha value is -0.780. The Morgan fingerprint density at radius 3 is 2.56 bits per heavy atom. The third-order valence-electron chi connectivity index (χ3n) is 2.43. The highest BCUT2D eigenvalue weighted by molar-refractivity contribution is 6.42. The predicted octanol–water partition coefficient (Wildman–Crippen LogP) is 1.23. The summed E-state index contributed by atoms with van der Waals surface area (Å²) in [5.74, 6) is 1.19. The summed E-state index contributed by atoms with van der Waals surface area (Å²) in [5, 5.41) is 6.84. The minimum atomic E-state index is 0.287. The molecule has 1 fully saturated rings. The van der Waals surface area contributed by atoms with E-state index in [1.165, 1.54) is 0 Å². The van der Waals surface area contributed by atoms with Crippen LogP contribution < -0.4 is 15.5 Å². The molecular weight excluding hydrogens is 249 g/mol. The van der Waals surface area contributed by atoms with Crippen LogP contribution in [0.5, 0.6) is 0 Å². The van der Waals surface area contributed by atoms with Gasteiger partial charge in [-0.15, -0.1) is 0 Å². The van der Waals surface area contributed by atoms with Gasteiger partial charge in [-0.1, -0.05) is 23.2 Å². The normalized spacial score (nSPS) is 16.3. The second kappa shape index (κ2) is 5.03. The van der Waals surface area contributed by atoms with Crippen LogP contribution in [0.2, 0.25) is 10.2 Å². The molecule has 1 aromatic rings. The van der Waals surface area contributed by atoms with Gasteiger partial charge in [-0.25, -0.2) is 0 Å². The van der Waals surface area contributed by atoms with Crippen molar-refractivity contribution in [2.75, 3.05) is 43.4 Å². The lowest BCUT2D eigenvalue weighted by Gasteiger charge is -2.29. The van der Waals surface area contributed by atoms with Crippen LogP contribution in [0.4, 0.5) is 11.8 Å². The van der Waals surface area contributed by atoms with Crippen molar-refractivity contribution in [1.82, 2.24) is 15.3 Å². The number of hydrogen-bond acceptors (Lipinski definition) is 5. The zero-order chi connectivity index (χ0) is 11.5. The molecule has 0 amide bonds. The van der Waals surface area contributed by atoms with Crippen LogP contribution in [0.25, 0.3) is 0 Å². The van der Waals surface area contributed by atoms with E-state index in [9.17, 15) is 0 Å². The van der Waals surface area contributed by atoms with E-state index in [1.54, 1.807) is 7.05 Å². The van der Waals surface area contributed by atoms with E-state index in [0.717, 1.165) is 26.2 Å². The molecule has 0 radical (unpaired) electrons.